The van der Waals surface area contributed by atoms with Gasteiger partial charge >= 0.3 is 0 Å². The Balaban J connectivity index is 1.57. The standard InChI is InChI=1S/C15H15N3OS/c1-11-4-2-5-12(10-11)16-8-7-14-17-15(19-18-14)13-6-3-9-20-13/h2-6,9-10,16H,7-8H2,1H3. The van der Waals surface area contributed by atoms with Crippen molar-refractivity contribution in [2.24, 2.45) is 0 Å². The predicted octanol–water partition coefficient (Wildman–Crippen LogP) is 3.76. The van der Waals surface area contributed by atoms with Gasteiger partial charge in [0.05, 0.1) is 4.88 Å². The van der Waals surface area contributed by atoms with E-state index in [2.05, 4.69) is 40.6 Å². The van der Waals surface area contributed by atoms with E-state index in [9.17, 15) is 0 Å². The van der Waals surface area contributed by atoms with Gasteiger partial charge in [0.25, 0.3) is 5.89 Å². The second kappa shape index (κ2) is 5.88. The highest BCUT2D eigenvalue weighted by Crippen LogP contribution is 2.22. The molecule has 3 aromatic rings. The second-order valence-electron chi connectivity index (χ2n) is 4.54. The van der Waals surface area contributed by atoms with Gasteiger partial charge in [0.2, 0.25) is 0 Å². The van der Waals surface area contributed by atoms with Crippen LogP contribution >= 0.6 is 11.3 Å². The lowest BCUT2D eigenvalue weighted by Gasteiger charge is -2.04. The van der Waals surface area contributed by atoms with E-state index in [0.29, 0.717) is 5.89 Å². The molecule has 5 heteroatoms. The van der Waals surface area contributed by atoms with Crippen LogP contribution in [0.2, 0.25) is 0 Å². The molecule has 2 aromatic heterocycles. The largest absolute Gasteiger partial charge is 0.385 e. The fourth-order valence-electron chi connectivity index (χ4n) is 1.93. The minimum absolute atomic E-state index is 0.602. The maximum absolute atomic E-state index is 5.25. The first kappa shape index (κ1) is 12.9. The van der Waals surface area contributed by atoms with Crippen LogP contribution in [0, 0.1) is 6.92 Å². The fraction of sp³-hybridized carbons (Fsp3) is 0.200. The highest BCUT2D eigenvalue weighted by molar-refractivity contribution is 7.13. The Morgan fingerprint density at radius 1 is 1.25 bits per heavy atom. The number of nitrogens with one attached hydrogen (secondary N) is 1. The van der Waals surface area contributed by atoms with E-state index in [4.69, 9.17) is 4.52 Å². The molecular weight excluding hydrogens is 270 g/mol. The highest BCUT2D eigenvalue weighted by atomic mass is 32.1. The zero-order chi connectivity index (χ0) is 13.8. The van der Waals surface area contributed by atoms with Crippen molar-refractivity contribution < 1.29 is 4.52 Å². The summed E-state index contributed by atoms with van der Waals surface area (Å²) in [6, 6.07) is 12.3. The number of aromatic nitrogens is 2. The summed E-state index contributed by atoms with van der Waals surface area (Å²) in [6.45, 7) is 2.87. The number of hydrogen-bond acceptors (Lipinski definition) is 5. The molecule has 0 aliphatic carbocycles. The number of rotatable bonds is 5. The summed E-state index contributed by atoms with van der Waals surface area (Å²) in [6.07, 6.45) is 0.739. The number of hydrogen-bond donors (Lipinski definition) is 1. The molecule has 0 atom stereocenters. The zero-order valence-corrected chi connectivity index (χ0v) is 12.0. The van der Waals surface area contributed by atoms with Crippen molar-refractivity contribution in [1.82, 2.24) is 10.1 Å². The Morgan fingerprint density at radius 2 is 2.20 bits per heavy atom. The molecule has 4 nitrogen and oxygen atoms in total. The Kier molecular flexibility index (Phi) is 3.78. The Bertz CT molecular complexity index is 676. The summed E-state index contributed by atoms with van der Waals surface area (Å²) in [5.41, 5.74) is 2.36. The summed E-state index contributed by atoms with van der Waals surface area (Å²) in [7, 11) is 0. The fourth-order valence-corrected chi connectivity index (χ4v) is 2.57. The number of thiophene rings is 1. The molecule has 0 bridgehead atoms. The minimum atomic E-state index is 0.602. The molecule has 1 aromatic carbocycles. The molecule has 3 rings (SSSR count). The maximum Gasteiger partial charge on any atom is 0.267 e. The van der Waals surface area contributed by atoms with Crippen molar-refractivity contribution in [1.29, 1.82) is 0 Å². The lowest BCUT2D eigenvalue weighted by molar-refractivity contribution is 0.424. The van der Waals surface area contributed by atoms with Gasteiger partial charge in [-0.3, -0.25) is 0 Å². The first-order chi connectivity index (χ1) is 9.81. The van der Waals surface area contributed by atoms with Crippen LogP contribution in [0.15, 0.2) is 46.3 Å². The first-order valence-corrected chi connectivity index (χ1v) is 7.36. The average Bonchev–Trinajstić information content (AvgIpc) is 3.09. The Hall–Kier alpha value is -2.14. The third-order valence-electron chi connectivity index (χ3n) is 2.90. The van der Waals surface area contributed by atoms with Crippen LogP contribution in [-0.2, 0) is 6.42 Å². The van der Waals surface area contributed by atoms with Crippen molar-refractivity contribution >= 4 is 17.0 Å². The van der Waals surface area contributed by atoms with Crippen LogP contribution in [0.25, 0.3) is 10.8 Å². The molecule has 1 N–H and O–H groups in total. The van der Waals surface area contributed by atoms with Gasteiger partial charge in [-0.15, -0.1) is 11.3 Å². The minimum Gasteiger partial charge on any atom is -0.385 e. The zero-order valence-electron chi connectivity index (χ0n) is 11.2. The second-order valence-corrected chi connectivity index (χ2v) is 5.49. The van der Waals surface area contributed by atoms with Gasteiger partial charge in [-0.2, -0.15) is 4.98 Å². The summed E-state index contributed by atoms with van der Waals surface area (Å²) in [5, 5.41) is 9.36. The number of nitrogens with zero attached hydrogens (tertiary/aromatic N) is 2. The highest BCUT2D eigenvalue weighted by Gasteiger charge is 2.08. The number of anilines is 1. The lowest BCUT2D eigenvalue weighted by Crippen LogP contribution is -2.05. The van der Waals surface area contributed by atoms with E-state index in [0.717, 1.165) is 29.4 Å². The monoisotopic (exact) mass is 285 g/mol. The van der Waals surface area contributed by atoms with Crippen molar-refractivity contribution in [2.45, 2.75) is 13.3 Å². The quantitative estimate of drug-likeness (QED) is 0.775. The third kappa shape index (κ3) is 3.05. The lowest BCUT2D eigenvalue weighted by atomic mass is 10.2. The topological polar surface area (TPSA) is 51.0 Å². The molecule has 0 saturated heterocycles. The molecule has 0 unspecified atom stereocenters. The van der Waals surface area contributed by atoms with Crippen LogP contribution in [-0.4, -0.2) is 16.7 Å². The number of aryl methyl sites for hydroxylation is 1. The van der Waals surface area contributed by atoms with E-state index in [-0.39, 0.29) is 0 Å². The van der Waals surface area contributed by atoms with Gasteiger partial charge < -0.3 is 9.84 Å². The van der Waals surface area contributed by atoms with Gasteiger partial charge in [-0.05, 0) is 36.1 Å². The molecular formula is C15H15N3OS. The first-order valence-electron chi connectivity index (χ1n) is 6.48. The molecule has 0 fully saturated rings. The van der Waals surface area contributed by atoms with Crippen LogP contribution in [0.5, 0.6) is 0 Å². The molecule has 0 aliphatic heterocycles. The molecule has 0 amide bonds. The van der Waals surface area contributed by atoms with E-state index in [1.54, 1.807) is 11.3 Å². The summed E-state index contributed by atoms with van der Waals surface area (Å²) in [5.74, 6) is 1.33. The molecule has 0 saturated carbocycles. The molecule has 20 heavy (non-hydrogen) atoms. The van der Waals surface area contributed by atoms with E-state index in [1.165, 1.54) is 5.56 Å². The molecule has 0 aliphatic rings. The Labute approximate surface area is 121 Å². The van der Waals surface area contributed by atoms with Gasteiger partial charge in [-0.1, -0.05) is 23.4 Å². The average molecular weight is 285 g/mol. The van der Waals surface area contributed by atoms with Crippen LogP contribution < -0.4 is 5.32 Å². The van der Waals surface area contributed by atoms with Gasteiger partial charge in [0.1, 0.15) is 0 Å². The maximum atomic E-state index is 5.25. The van der Waals surface area contributed by atoms with Crippen LogP contribution in [0.1, 0.15) is 11.4 Å². The molecule has 0 radical (unpaired) electrons. The molecule has 2 heterocycles. The van der Waals surface area contributed by atoms with Gasteiger partial charge in [0.15, 0.2) is 5.82 Å². The van der Waals surface area contributed by atoms with Crippen LogP contribution in [0.4, 0.5) is 5.69 Å². The smallest absolute Gasteiger partial charge is 0.267 e. The predicted molar refractivity (Wildman–Crippen MR) is 81.0 cm³/mol. The SMILES string of the molecule is Cc1cccc(NCCc2noc(-c3cccs3)n2)c1. The third-order valence-corrected chi connectivity index (χ3v) is 3.75. The number of benzene rings is 1. The van der Waals surface area contributed by atoms with E-state index >= 15 is 0 Å². The van der Waals surface area contributed by atoms with Crippen molar-refractivity contribution in [3.8, 4) is 10.8 Å². The van der Waals surface area contributed by atoms with Gasteiger partial charge in [0, 0.05) is 18.7 Å². The Morgan fingerprint density at radius 3 is 3.00 bits per heavy atom. The van der Waals surface area contributed by atoms with Crippen LogP contribution in [0.3, 0.4) is 0 Å². The van der Waals surface area contributed by atoms with Crippen molar-refractivity contribution in [3.63, 3.8) is 0 Å². The van der Waals surface area contributed by atoms with Gasteiger partial charge in [-0.25, -0.2) is 0 Å². The van der Waals surface area contributed by atoms with E-state index < -0.39 is 0 Å². The molecule has 0 spiro atoms. The normalized spacial score (nSPS) is 10.7. The summed E-state index contributed by atoms with van der Waals surface area (Å²) in [4.78, 5) is 5.40. The summed E-state index contributed by atoms with van der Waals surface area (Å²) >= 11 is 1.60. The molecule has 102 valence electrons. The van der Waals surface area contributed by atoms with E-state index in [1.807, 2.05) is 23.6 Å². The van der Waals surface area contributed by atoms with Crippen molar-refractivity contribution in [2.75, 3.05) is 11.9 Å². The summed E-state index contributed by atoms with van der Waals surface area (Å²) < 4.78 is 5.25. The van der Waals surface area contributed by atoms with Crippen molar-refractivity contribution in [3.05, 3.63) is 53.2 Å².